The summed E-state index contributed by atoms with van der Waals surface area (Å²) < 4.78 is 3.13. The predicted octanol–water partition coefficient (Wildman–Crippen LogP) is -0.160. The summed E-state index contributed by atoms with van der Waals surface area (Å²) >= 11 is 4.83. The van der Waals surface area contributed by atoms with Gasteiger partial charge >= 0.3 is 0 Å². The number of aromatic amines is 1. The molecule has 0 unspecified atom stereocenters. The van der Waals surface area contributed by atoms with Crippen molar-refractivity contribution in [3.05, 3.63) is 23.2 Å². The van der Waals surface area contributed by atoms with Crippen LogP contribution in [-0.2, 0) is 0 Å². The lowest BCUT2D eigenvalue weighted by molar-refractivity contribution is 0.769. The van der Waals surface area contributed by atoms with Crippen LogP contribution in [-0.4, -0.2) is 24.7 Å². The number of hydrogen-bond acceptors (Lipinski definition) is 4. The maximum absolute atomic E-state index is 5.55. The van der Waals surface area contributed by atoms with E-state index in [2.05, 4.69) is 15.3 Å². The number of nitrogens with zero attached hydrogens (tertiary/aromatic N) is 4. The summed E-state index contributed by atoms with van der Waals surface area (Å²) in [6.07, 6.45) is 3.37. The zero-order valence-electron chi connectivity index (χ0n) is 6.01. The van der Waals surface area contributed by atoms with Gasteiger partial charge in [0.2, 0.25) is 4.77 Å². The van der Waals surface area contributed by atoms with Crippen molar-refractivity contribution >= 4 is 12.2 Å². The molecule has 0 aliphatic heterocycles. The maximum Gasteiger partial charge on any atom is 0.269 e. The van der Waals surface area contributed by atoms with Gasteiger partial charge in [0.05, 0.1) is 0 Å². The molecular weight excluding hydrogens is 176 g/mol. The first-order valence-electron chi connectivity index (χ1n) is 3.21. The zero-order chi connectivity index (χ0) is 8.55. The van der Waals surface area contributed by atoms with Crippen molar-refractivity contribution in [1.82, 2.24) is 24.7 Å². The van der Waals surface area contributed by atoms with Gasteiger partial charge in [-0.05, 0) is 18.3 Å². The molecule has 3 N–H and O–H groups in total. The van der Waals surface area contributed by atoms with Crippen LogP contribution in [0.4, 0.5) is 0 Å². The van der Waals surface area contributed by atoms with E-state index >= 15 is 0 Å². The van der Waals surface area contributed by atoms with Gasteiger partial charge in [-0.2, -0.15) is 9.77 Å². The fourth-order valence-corrected chi connectivity index (χ4v) is 0.972. The summed E-state index contributed by atoms with van der Waals surface area (Å²) in [4.78, 5) is 0. The molecule has 6 nitrogen and oxygen atoms in total. The van der Waals surface area contributed by atoms with E-state index in [1.165, 1.54) is 9.36 Å². The van der Waals surface area contributed by atoms with E-state index in [1.54, 1.807) is 18.5 Å². The Morgan fingerprint density at radius 1 is 1.58 bits per heavy atom. The molecule has 0 aliphatic rings. The predicted molar refractivity (Wildman–Crippen MR) is 44.7 cm³/mol. The quantitative estimate of drug-likeness (QED) is 0.474. The van der Waals surface area contributed by atoms with E-state index in [9.17, 15) is 0 Å². The minimum Gasteiger partial charge on any atom is -0.334 e. The molecule has 2 rings (SSSR count). The minimum atomic E-state index is 0.362. The molecule has 0 atom stereocenters. The molecule has 0 spiro atoms. The fourth-order valence-electron chi connectivity index (χ4n) is 0.845. The Morgan fingerprint density at radius 2 is 2.42 bits per heavy atom. The molecular formula is C5H6N6S. The average Bonchev–Trinajstić information content (AvgIpc) is 2.64. The van der Waals surface area contributed by atoms with Gasteiger partial charge < -0.3 is 5.84 Å². The van der Waals surface area contributed by atoms with Crippen molar-refractivity contribution in [3.63, 3.8) is 0 Å². The number of nitrogens with one attached hydrogen (secondary N) is 1. The Balaban J connectivity index is 2.62. The normalized spacial score (nSPS) is 10.3. The largest absolute Gasteiger partial charge is 0.334 e. The van der Waals surface area contributed by atoms with Gasteiger partial charge in [0.25, 0.3) is 5.95 Å². The third-order valence-corrected chi connectivity index (χ3v) is 1.68. The lowest BCUT2D eigenvalue weighted by atomic mass is 10.7. The topological polar surface area (TPSA) is 77.4 Å². The Hall–Kier alpha value is -1.63. The molecule has 0 aromatic carbocycles. The van der Waals surface area contributed by atoms with Crippen LogP contribution in [0.2, 0.25) is 0 Å². The van der Waals surface area contributed by atoms with E-state index in [1.807, 2.05) is 0 Å². The van der Waals surface area contributed by atoms with E-state index in [4.69, 9.17) is 18.1 Å². The summed E-state index contributed by atoms with van der Waals surface area (Å²) in [5.41, 5.74) is 0. The van der Waals surface area contributed by atoms with Crippen LogP contribution in [0.25, 0.3) is 5.95 Å². The lowest BCUT2D eigenvalue weighted by Crippen LogP contribution is -2.14. The van der Waals surface area contributed by atoms with Crippen LogP contribution in [0.1, 0.15) is 0 Å². The molecule has 2 heterocycles. The van der Waals surface area contributed by atoms with Crippen molar-refractivity contribution in [1.29, 1.82) is 0 Å². The van der Waals surface area contributed by atoms with Crippen molar-refractivity contribution < 1.29 is 0 Å². The van der Waals surface area contributed by atoms with Crippen molar-refractivity contribution in [2.75, 3.05) is 5.84 Å². The molecule has 7 heteroatoms. The van der Waals surface area contributed by atoms with E-state index < -0.39 is 0 Å². The summed E-state index contributed by atoms with van der Waals surface area (Å²) in [5, 5.41) is 10.4. The number of rotatable bonds is 1. The number of H-pyrrole nitrogens is 1. The molecule has 62 valence electrons. The molecule has 0 saturated heterocycles. The Labute approximate surface area is 72.6 Å². The molecule has 12 heavy (non-hydrogen) atoms. The number of hydrogen-bond donors (Lipinski definition) is 2. The highest BCUT2D eigenvalue weighted by Crippen LogP contribution is 1.97. The fraction of sp³-hybridized carbons (Fsp3) is 0. The zero-order valence-corrected chi connectivity index (χ0v) is 6.82. The van der Waals surface area contributed by atoms with E-state index in [0.29, 0.717) is 10.7 Å². The van der Waals surface area contributed by atoms with Gasteiger partial charge in [0, 0.05) is 12.4 Å². The van der Waals surface area contributed by atoms with Crippen molar-refractivity contribution in [3.8, 4) is 5.95 Å². The number of aromatic nitrogens is 5. The second-order valence-corrected chi connectivity index (χ2v) is 2.54. The first kappa shape index (κ1) is 7.04. The van der Waals surface area contributed by atoms with Crippen LogP contribution in [0.15, 0.2) is 18.5 Å². The minimum absolute atomic E-state index is 0.362. The maximum atomic E-state index is 5.55. The highest BCUT2D eigenvalue weighted by molar-refractivity contribution is 7.71. The average molecular weight is 182 g/mol. The Morgan fingerprint density at radius 3 is 2.92 bits per heavy atom. The van der Waals surface area contributed by atoms with E-state index in [-0.39, 0.29) is 0 Å². The van der Waals surface area contributed by atoms with Gasteiger partial charge in [-0.3, -0.25) is 0 Å². The number of nitrogens with two attached hydrogens (primary N) is 1. The third-order valence-electron chi connectivity index (χ3n) is 1.40. The summed E-state index contributed by atoms with van der Waals surface area (Å²) in [6.45, 7) is 0. The molecule has 0 aliphatic carbocycles. The summed E-state index contributed by atoms with van der Waals surface area (Å²) in [7, 11) is 0. The second-order valence-electron chi connectivity index (χ2n) is 2.15. The molecule has 0 bridgehead atoms. The Bertz CT molecular complexity index is 423. The molecule has 2 aromatic heterocycles. The first-order valence-corrected chi connectivity index (χ1v) is 3.62. The van der Waals surface area contributed by atoms with Crippen molar-refractivity contribution in [2.24, 2.45) is 0 Å². The molecule has 0 saturated carbocycles. The molecule has 0 fully saturated rings. The van der Waals surface area contributed by atoms with Crippen molar-refractivity contribution in [2.45, 2.75) is 0 Å². The van der Waals surface area contributed by atoms with Gasteiger partial charge in [-0.25, -0.2) is 9.78 Å². The van der Waals surface area contributed by atoms with Gasteiger partial charge in [-0.15, -0.1) is 5.10 Å². The SMILES string of the molecule is Nn1c(-n2cccn2)n[nH]c1=S. The van der Waals surface area contributed by atoms with Crippen LogP contribution < -0.4 is 5.84 Å². The van der Waals surface area contributed by atoms with Gasteiger partial charge in [0.1, 0.15) is 0 Å². The monoisotopic (exact) mass is 182 g/mol. The van der Waals surface area contributed by atoms with E-state index in [0.717, 1.165) is 0 Å². The highest BCUT2D eigenvalue weighted by Gasteiger charge is 2.03. The molecule has 0 radical (unpaired) electrons. The summed E-state index contributed by atoms with van der Waals surface area (Å²) in [6, 6.07) is 1.78. The van der Waals surface area contributed by atoms with Crippen LogP contribution in [0, 0.1) is 4.77 Å². The second kappa shape index (κ2) is 2.45. The lowest BCUT2D eigenvalue weighted by Gasteiger charge is -1.97. The van der Waals surface area contributed by atoms with Crippen LogP contribution >= 0.6 is 12.2 Å². The smallest absolute Gasteiger partial charge is 0.269 e. The van der Waals surface area contributed by atoms with Crippen LogP contribution in [0.5, 0.6) is 0 Å². The number of nitrogen functional groups attached to an aromatic ring is 1. The summed E-state index contributed by atoms with van der Waals surface area (Å²) in [5.74, 6) is 6.01. The highest BCUT2D eigenvalue weighted by atomic mass is 32.1. The first-order chi connectivity index (χ1) is 5.79. The third kappa shape index (κ3) is 0.909. The van der Waals surface area contributed by atoms with Gasteiger partial charge in [-0.1, -0.05) is 0 Å². The Kier molecular flexibility index (Phi) is 1.44. The molecule has 2 aromatic rings. The van der Waals surface area contributed by atoms with Crippen LogP contribution in [0.3, 0.4) is 0 Å². The standard InChI is InChI=1S/C5H6N6S/c6-11-4(8-9-5(11)12)10-3-1-2-7-10/h1-3H,6H2,(H,9,12). The van der Waals surface area contributed by atoms with Gasteiger partial charge in [0.15, 0.2) is 0 Å². The molecule has 0 amide bonds.